The Labute approximate surface area is 91.4 Å². The van der Waals surface area contributed by atoms with Gasteiger partial charge >= 0.3 is 0 Å². The highest BCUT2D eigenvalue weighted by Crippen LogP contribution is 2.50. The van der Waals surface area contributed by atoms with Crippen molar-refractivity contribution in [2.75, 3.05) is 13.7 Å². The molecule has 0 bridgehead atoms. The molecule has 15 heavy (non-hydrogen) atoms. The van der Waals surface area contributed by atoms with E-state index >= 15 is 0 Å². The van der Waals surface area contributed by atoms with Gasteiger partial charge in [0.05, 0.1) is 6.61 Å². The van der Waals surface area contributed by atoms with Crippen LogP contribution >= 0.6 is 0 Å². The molecule has 0 radical (unpaired) electrons. The number of nitrogens with two attached hydrogens (primary N) is 1. The summed E-state index contributed by atoms with van der Waals surface area (Å²) in [6.07, 6.45) is 2.45. The van der Waals surface area contributed by atoms with Crippen molar-refractivity contribution in [3.8, 4) is 0 Å². The molecule has 1 aliphatic carbocycles. The van der Waals surface area contributed by atoms with Gasteiger partial charge in [-0.05, 0) is 30.9 Å². The van der Waals surface area contributed by atoms with Crippen LogP contribution in [0.25, 0.3) is 0 Å². The molecule has 2 N–H and O–H groups in total. The van der Waals surface area contributed by atoms with Crippen LogP contribution < -0.4 is 5.73 Å². The molecule has 1 aromatic rings. The molecule has 0 aliphatic heterocycles. The number of hydrogen-bond acceptors (Lipinski definition) is 2. The molecule has 0 saturated heterocycles. The third kappa shape index (κ3) is 1.92. The first-order valence-electron chi connectivity index (χ1n) is 5.53. The summed E-state index contributed by atoms with van der Waals surface area (Å²) in [4.78, 5) is 0. The van der Waals surface area contributed by atoms with Gasteiger partial charge in [0, 0.05) is 18.6 Å². The number of hydrogen-bond donors (Lipinski definition) is 1. The van der Waals surface area contributed by atoms with Crippen LogP contribution in [0, 0.1) is 0 Å². The zero-order valence-electron chi connectivity index (χ0n) is 9.49. The minimum atomic E-state index is 0.107. The van der Waals surface area contributed by atoms with Gasteiger partial charge < -0.3 is 10.5 Å². The number of methoxy groups -OCH3 is 1. The minimum absolute atomic E-state index is 0.107. The first kappa shape index (κ1) is 10.7. The molecule has 0 amide bonds. The molecule has 1 saturated carbocycles. The van der Waals surface area contributed by atoms with Gasteiger partial charge in [0.25, 0.3) is 0 Å². The van der Waals surface area contributed by atoms with Crippen LogP contribution in [-0.4, -0.2) is 13.7 Å². The van der Waals surface area contributed by atoms with E-state index in [4.69, 9.17) is 10.5 Å². The molecule has 1 fully saturated rings. The zero-order chi connectivity index (χ0) is 10.9. The lowest BCUT2D eigenvalue weighted by Crippen LogP contribution is -2.19. The van der Waals surface area contributed by atoms with Crippen LogP contribution in [0.3, 0.4) is 0 Å². The highest BCUT2D eigenvalue weighted by molar-refractivity contribution is 5.40. The molecule has 1 atom stereocenters. The molecule has 1 unspecified atom stereocenters. The van der Waals surface area contributed by atoms with E-state index in [1.165, 1.54) is 24.0 Å². The number of ether oxygens (including phenoxy) is 1. The minimum Gasteiger partial charge on any atom is -0.384 e. The summed E-state index contributed by atoms with van der Waals surface area (Å²) >= 11 is 0. The molecular formula is C13H19NO. The second kappa shape index (κ2) is 3.95. The van der Waals surface area contributed by atoms with Crippen molar-refractivity contribution in [3.05, 3.63) is 35.4 Å². The van der Waals surface area contributed by atoms with Crippen LogP contribution in [-0.2, 0) is 10.2 Å². The van der Waals surface area contributed by atoms with Gasteiger partial charge in [0.1, 0.15) is 0 Å². The zero-order valence-corrected chi connectivity index (χ0v) is 9.49. The number of benzene rings is 1. The SMILES string of the molecule is COCC1(c2ccccc2C(C)N)CC1. The fourth-order valence-electron chi connectivity index (χ4n) is 2.30. The van der Waals surface area contributed by atoms with Crippen LogP contribution in [0.15, 0.2) is 24.3 Å². The van der Waals surface area contributed by atoms with E-state index < -0.39 is 0 Å². The lowest BCUT2D eigenvalue weighted by atomic mass is 9.89. The quantitative estimate of drug-likeness (QED) is 0.819. The van der Waals surface area contributed by atoms with Crippen LogP contribution in [0.5, 0.6) is 0 Å². The van der Waals surface area contributed by atoms with Crippen molar-refractivity contribution in [3.63, 3.8) is 0 Å². The van der Waals surface area contributed by atoms with Crippen molar-refractivity contribution < 1.29 is 4.74 Å². The summed E-state index contributed by atoms with van der Waals surface area (Å²) in [5.74, 6) is 0. The third-order valence-corrected chi connectivity index (χ3v) is 3.30. The van der Waals surface area contributed by atoms with Crippen molar-refractivity contribution >= 4 is 0 Å². The standard InChI is InChI=1S/C13H19NO/c1-10(14)11-5-3-4-6-12(11)13(7-8-13)9-15-2/h3-6,10H,7-9,14H2,1-2H3. The Balaban J connectivity index is 2.35. The van der Waals surface area contributed by atoms with E-state index in [0.717, 1.165) is 6.61 Å². The fraction of sp³-hybridized carbons (Fsp3) is 0.538. The molecular weight excluding hydrogens is 186 g/mol. The van der Waals surface area contributed by atoms with Crippen molar-refractivity contribution in [2.24, 2.45) is 5.73 Å². The van der Waals surface area contributed by atoms with Gasteiger partial charge in [-0.3, -0.25) is 0 Å². The molecule has 0 heterocycles. The Bertz CT molecular complexity index is 342. The van der Waals surface area contributed by atoms with Crippen LogP contribution in [0.4, 0.5) is 0 Å². The second-order valence-electron chi connectivity index (χ2n) is 4.59. The first-order valence-corrected chi connectivity index (χ1v) is 5.53. The molecule has 0 spiro atoms. The van der Waals surface area contributed by atoms with Gasteiger partial charge in [-0.25, -0.2) is 0 Å². The normalized spacial score (nSPS) is 19.9. The smallest absolute Gasteiger partial charge is 0.0559 e. The van der Waals surface area contributed by atoms with Gasteiger partial charge in [-0.1, -0.05) is 24.3 Å². The average molecular weight is 205 g/mol. The van der Waals surface area contributed by atoms with E-state index in [2.05, 4.69) is 24.3 Å². The Morgan fingerprint density at radius 2 is 2.07 bits per heavy atom. The molecule has 82 valence electrons. The monoisotopic (exact) mass is 205 g/mol. The maximum Gasteiger partial charge on any atom is 0.0559 e. The maximum atomic E-state index is 5.99. The summed E-state index contributed by atoms with van der Waals surface area (Å²) in [6.45, 7) is 2.86. The van der Waals surface area contributed by atoms with E-state index in [1.54, 1.807) is 7.11 Å². The van der Waals surface area contributed by atoms with E-state index in [-0.39, 0.29) is 11.5 Å². The molecule has 2 rings (SSSR count). The summed E-state index contributed by atoms with van der Waals surface area (Å²) in [6, 6.07) is 8.60. The first-order chi connectivity index (χ1) is 7.19. The average Bonchev–Trinajstić information content (AvgIpc) is 2.99. The highest BCUT2D eigenvalue weighted by Gasteiger charge is 2.45. The van der Waals surface area contributed by atoms with Gasteiger partial charge in [-0.2, -0.15) is 0 Å². The van der Waals surface area contributed by atoms with Crippen molar-refractivity contribution in [1.82, 2.24) is 0 Å². The summed E-state index contributed by atoms with van der Waals surface area (Å²) in [7, 11) is 1.77. The van der Waals surface area contributed by atoms with E-state index in [9.17, 15) is 0 Å². The van der Waals surface area contributed by atoms with Gasteiger partial charge in [-0.15, -0.1) is 0 Å². The Morgan fingerprint density at radius 3 is 2.60 bits per heavy atom. The number of rotatable bonds is 4. The lowest BCUT2D eigenvalue weighted by Gasteiger charge is -2.20. The van der Waals surface area contributed by atoms with Crippen molar-refractivity contribution in [1.29, 1.82) is 0 Å². The molecule has 0 aromatic heterocycles. The lowest BCUT2D eigenvalue weighted by molar-refractivity contribution is 0.171. The summed E-state index contributed by atoms with van der Waals surface area (Å²) < 4.78 is 5.32. The van der Waals surface area contributed by atoms with Crippen LogP contribution in [0.2, 0.25) is 0 Å². The highest BCUT2D eigenvalue weighted by atomic mass is 16.5. The summed E-state index contributed by atoms with van der Waals surface area (Å²) in [5, 5.41) is 0. The predicted molar refractivity (Wildman–Crippen MR) is 61.8 cm³/mol. The van der Waals surface area contributed by atoms with Crippen molar-refractivity contribution in [2.45, 2.75) is 31.2 Å². The maximum absolute atomic E-state index is 5.99. The van der Waals surface area contributed by atoms with Crippen LogP contribution in [0.1, 0.15) is 36.9 Å². The second-order valence-corrected chi connectivity index (χ2v) is 4.59. The predicted octanol–water partition coefficient (Wildman–Crippen LogP) is 2.38. The van der Waals surface area contributed by atoms with Gasteiger partial charge in [0.2, 0.25) is 0 Å². The molecule has 2 nitrogen and oxygen atoms in total. The molecule has 1 aliphatic rings. The Morgan fingerprint density at radius 1 is 1.40 bits per heavy atom. The van der Waals surface area contributed by atoms with E-state index in [0.29, 0.717) is 0 Å². The third-order valence-electron chi connectivity index (χ3n) is 3.30. The molecule has 2 heteroatoms. The fourth-order valence-corrected chi connectivity index (χ4v) is 2.30. The summed E-state index contributed by atoms with van der Waals surface area (Å²) in [5.41, 5.74) is 8.92. The Hall–Kier alpha value is -0.860. The van der Waals surface area contributed by atoms with Gasteiger partial charge in [0.15, 0.2) is 0 Å². The van der Waals surface area contributed by atoms with E-state index in [1.807, 2.05) is 6.92 Å². The molecule has 1 aromatic carbocycles. The topological polar surface area (TPSA) is 35.2 Å². The largest absolute Gasteiger partial charge is 0.384 e. The Kier molecular flexibility index (Phi) is 2.81.